The number of nitrogens with zero attached hydrogens (tertiary/aromatic N) is 1. The molecule has 1 amide bonds. The van der Waals surface area contributed by atoms with Crippen molar-refractivity contribution in [2.75, 3.05) is 19.7 Å². The molecule has 0 unspecified atom stereocenters. The molecule has 0 aromatic heterocycles. The quantitative estimate of drug-likeness (QED) is 0.789. The standard InChI is InChI=1S/C23H23NO5/c25-11-8-18-12-21-19(15-28-22(21)26)13-20(18)17-6-9-24(10-7-17)23(27)29-14-16-4-2-1-3-5-16/h1-6,12-13,25H,7-11,14-15H2. The predicted octanol–water partition coefficient (Wildman–Crippen LogP) is 3.32. The smallest absolute Gasteiger partial charge is 0.410 e. The van der Waals surface area contributed by atoms with Crippen LogP contribution in [0.3, 0.4) is 0 Å². The highest BCUT2D eigenvalue weighted by Gasteiger charge is 2.26. The minimum atomic E-state index is -0.326. The highest BCUT2D eigenvalue weighted by Crippen LogP contribution is 2.31. The number of rotatable bonds is 5. The van der Waals surface area contributed by atoms with Crippen molar-refractivity contribution in [3.63, 3.8) is 0 Å². The molecule has 2 aromatic carbocycles. The molecule has 6 nitrogen and oxygen atoms in total. The fourth-order valence-corrected chi connectivity index (χ4v) is 3.74. The summed E-state index contributed by atoms with van der Waals surface area (Å²) in [6.07, 6.45) is 2.85. The van der Waals surface area contributed by atoms with Crippen molar-refractivity contribution in [1.29, 1.82) is 0 Å². The molecule has 0 atom stereocenters. The molecule has 2 aromatic rings. The maximum absolute atomic E-state index is 12.4. The number of ether oxygens (including phenoxy) is 2. The van der Waals surface area contributed by atoms with Gasteiger partial charge in [-0.15, -0.1) is 0 Å². The molecule has 6 heteroatoms. The first-order valence-electron chi connectivity index (χ1n) is 9.74. The molecule has 2 aliphatic heterocycles. The second-order valence-electron chi connectivity index (χ2n) is 7.18. The maximum atomic E-state index is 12.4. The Balaban J connectivity index is 1.45. The molecule has 2 heterocycles. The van der Waals surface area contributed by atoms with Crippen LogP contribution in [0.2, 0.25) is 0 Å². The molecule has 1 N–H and O–H groups in total. The number of cyclic esters (lactones) is 1. The Bertz CT molecular complexity index is 951. The van der Waals surface area contributed by atoms with E-state index in [1.54, 1.807) is 4.90 Å². The maximum Gasteiger partial charge on any atom is 0.410 e. The third-order valence-electron chi connectivity index (χ3n) is 5.31. The Labute approximate surface area is 169 Å². The van der Waals surface area contributed by atoms with Crippen LogP contribution in [0.5, 0.6) is 0 Å². The number of hydrogen-bond acceptors (Lipinski definition) is 5. The summed E-state index contributed by atoms with van der Waals surface area (Å²) in [5.41, 5.74) is 5.47. The first kappa shape index (κ1) is 19.2. The molecule has 0 fully saturated rings. The van der Waals surface area contributed by atoms with Gasteiger partial charge in [0.05, 0.1) is 5.56 Å². The van der Waals surface area contributed by atoms with Gasteiger partial charge >= 0.3 is 12.1 Å². The third kappa shape index (κ3) is 4.17. The molecule has 4 rings (SSSR count). The van der Waals surface area contributed by atoms with Crippen LogP contribution < -0.4 is 0 Å². The molecule has 0 saturated carbocycles. The van der Waals surface area contributed by atoms with Gasteiger partial charge in [-0.2, -0.15) is 0 Å². The van der Waals surface area contributed by atoms with Gasteiger partial charge in [-0.25, -0.2) is 9.59 Å². The van der Waals surface area contributed by atoms with Gasteiger partial charge in [0.25, 0.3) is 0 Å². The Kier molecular flexibility index (Phi) is 5.62. The lowest BCUT2D eigenvalue weighted by atomic mass is 9.90. The number of aliphatic hydroxyl groups excluding tert-OH is 1. The molecule has 0 aliphatic carbocycles. The van der Waals surface area contributed by atoms with Crippen LogP contribution in [0.1, 0.15) is 39.0 Å². The number of carbonyl (C=O) groups is 2. The van der Waals surface area contributed by atoms with E-state index in [0.717, 1.165) is 27.8 Å². The summed E-state index contributed by atoms with van der Waals surface area (Å²) in [4.78, 5) is 25.9. The molecule has 0 bridgehead atoms. The van der Waals surface area contributed by atoms with Gasteiger partial charge in [-0.3, -0.25) is 0 Å². The molecule has 2 aliphatic rings. The molecular formula is C23H23NO5. The molecule has 0 radical (unpaired) electrons. The van der Waals surface area contributed by atoms with E-state index in [1.807, 2.05) is 48.5 Å². The van der Waals surface area contributed by atoms with Crippen LogP contribution >= 0.6 is 0 Å². The number of aliphatic hydroxyl groups is 1. The average Bonchev–Trinajstić information content (AvgIpc) is 3.12. The summed E-state index contributed by atoms with van der Waals surface area (Å²) in [5, 5.41) is 9.42. The van der Waals surface area contributed by atoms with Crippen LogP contribution in [0, 0.1) is 0 Å². The minimum absolute atomic E-state index is 0.00600. The molecule has 0 spiro atoms. The van der Waals surface area contributed by atoms with Crippen molar-refractivity contribution < 1.29 is 24.2 Å². The van der Waals surface area contributed by atoms with Crippen LogP contribution in [0.25, 0.3) is 5.57 Å². The number of hydrogen-bond donors (Lipinski definition) is 1. The zero-order valence-corrected chi connectivity index (χ0v) is 16.1. The first-order valence-corrected chi connectivity index (χ1v) is 9.74. The van der Waals surface area contributed by atoms with Gasteiger partial charge in [-0.05, 0) is 47.2 Å². The van der Waals surface area contributed by atoms with E-state index in [4.69, 9.17) is 9.47 Å². The van der Waals surface area contributed by atoms with Crippen LogP contribution in [-0.4, -0.2) is 41.8 Å². The first-order chi connectivity index (χ1) is 14.2. The largest absolute Gasteiger partial charge is 0.457 e. The summed E-state index contributed by atoms with van der Waals surface area (Å²) in [6, 6.07) is 13.4. The second kappa shape index (κ2) is 8.49. The lowest BCUT2D eigenvalue weighted by molar-refractivity contribution is 0.0535. The van der Waals surface area contributed by atoms with E-state index in [-0.39, 0.29) is 31.9 Å². The fraction of sp³-hybridized carbons (Fsp3) is 0.304. The second-order valence-corrected chi connectivity index (χ2v) is 7.18. The van der Waals surface area contributed by atoms with Crippen molar-refractivity contribution in [3.8, 4) is 0 Å². The molecule has 29 heavy (non-hydrogen) atoms. The van der Waals surface area contributed by atoms with Crippen LogP contribution in [-0.2, 0) is 29.1 Å². The minimum Gasteiger partial charge on any atom is -0.457 e. The summed E-state index contributed by atoms with van der Waals surface area (Å²) < 4.78 is 10.5. The lowest BCUT2D eigenvalue weighted by Crippen LogP contribution is -2.35. The third-order valence-corrected chi connectivity index (χ3v) is 5.31. The SMILES string of the molecule is O=C1OCc2cc(C3=CCN(C(=O)OCc4ccccc4)CC3)c(CCO)cc21. The Morgan fingerprint density at radius 3 is 2.72 bits per heavy atom. The van der Waals surface area contributed by atoms with E-state index in [2.05, 4.69) is 0 Å². The highest BCUT2D eigenvalue weighted by molar-refractivity contribution is 5.94. The predicted molar refractivity (Wildman–Crippen MR) is 107 cm³/mol. The van der Waals surface area contributed by atoms with E-state index < -0.39 is 0 Å². The van der Waals surface area contributed by atoms with Crippen LogP contribution in [0.15, 0.2) is 48.5 Å². The van der Waals surface area contributed by atoms with Crippen molar-refractivity contribution in [3.05, 3.63) is 76.4 Å². The van der Waals surface area contributed by atoms with E-state index >= 15 is 0 Å². The molecule has 150 valence electrons. The van der Waals surface area contributed by atoms with Crippen LogP contribution in [0.4, 0.5) is 4.79 Å². The molecular weight excluding hydrogens is 370 g/mol. The number of carbonyl (C=O) groups excluding carboxylic acids is 2. The lowest BCUT2D eigenvalue weighted by Gasteiger charge is -2.27. The Morgan fingerprint density at radius 2 is 2.00 bits per heavy atom. The summed E-state index contributed by atoms with van der Waals surface area (Å²) in [7, 11) is 0. The Morgan fingerprint density at radius 1 is 1.17 bits per heavy atom. The number of fused-ring (bicyclic) bond motifs is 1. The highest BCUT2D eigenvalue weighted by atomic mass is 16.6. The van der Waals surface area contributed by atoms with Gasteiger partial charge in [0.1, 0.15) is 13.2 Å². The average molecular weight is 393 g/mol. The van der Waals surface area contributed by atoms with E-state index in [0.29, 0.717) is 31.5 Å². The van der Waals surface area contributed by atoms with E-state index in [1.165, 1.54) is 0 Å². The van der Waals surface area contributed by atoms with Crippen molar-refractivity contribution in [1.82, 2.24) is 4.90 Å². The number of esters is 1. The van der Waals surface area contributed by atoms with Gasteiger partial charge in [-0.1, -0.05) is 36.4 Å². The monoisotopic (exact) mass is 393 g/mol. The summed E-state index contributed by atoms with van der Waals surface area (Å²) in [5.74, 6) is -0.310. The number of benzene rings is 2. The van der Waals surface area contributed by atoms with Crippen molar-refractivity contribution in [2.24, 2.45) is 0 Å². The topological polar surface area (TPSA) is 76.1 Å². The number of amides is 1. The normalized spacial score (nSPS) is 15.6. The summed E-state index contributed by atoms with van der Waals surface area (Å²) in [6.45, 7) is 1.57. The molecule has 0 saturated heterocycles. The fourth-order valence-electron chi connectivity index (χ4n) is 3.74. The van der Waals surface area contributed by atoms with E-state index in [9.17, 15) is 14.7 Å². The zero-order valence-electron chi connectivity index (χ0n) is 16.1. The van der Waals surface area contributed by atoms with Crippen molar-refractivity contribution in [2.45, 2.75) is 26.1 Å². The van der Waals surface area contributed by atoms with Gasteiger partial charge in [0, 0.05) is 25.3 Å². The Hall–Kier alpha value is -3.12. The van der Waals surface area contributed by atoms with Gasteiger partial charge in [0.2, 0.25) is 0 Å². The zero-order chi connectivity index (χ0) is 20.2. The van der Waals surface area contributed by atoms with Gasteiger partial charge < -0.3 is 19.5 Å². The van der Waals surface area contributed by atoms with Crippen molar-refractivity contribution >= 4 is 17.6 Å². The van der Waals surface area contributed by atoms with Gasteiger partial charge in [0.15, 0.2) is 0 Å². The summed E-state index contributed by atoms with van der Waals surface area (Å²) >= 11 is 0.